The highest BCUT2D eigenvalue weighted by Gasteiger charge is 2.14. The zero-order valence-corrected chi connectivity index (χ0v) is 8.08. The van der Waals surface area contributed by atoms with Gasteiger partial charge in [-0.3, -0.25) is 0 Å². The van der Waals surface area contributed by atoms with Crippen LogP contribution < -0.4 is 0 Å². The van der Waals surface area contributed by atoms with Gasteiger partial charge in [0.15, 0.2) is 6.10 Å². The second kappa shape index (κ2) is 7.93. The van der Waals surface area contributed by atoms with Crippen LogP contribution in [-0.2, 0) is 4.79 Å². The summed E-state index contributed by atoms with van der Waals surface area (Å²) < 4.78 is 0. The molecule has 1 atom stereocenters. The van der Waals surface area contributed by atoms with E-state index < -0.39 is 12.1 Å². The van der Waals surface area contributed by atoms with E-state index in [1.165, 1.54) is 0 Å². The first-order valence-electron chi connectivity index (χ1n) is 4.31. The normalized spacial score (nSPS) is 11.1. The Morgan fingerprint density at radius 1 is 1.13 bits per heavy atom. The molecule has 0 fully saturated rings. The van der Waals surface area contributed by atoms with E-state index in [2.05, 4.69) is 0 Å². The molecule has 4 N–H and O–H groups in total. The quantitative estimate of drug-likeness (QED) is 0.557. The van der Waals surface area contributed by atoms with Gasteiger partial charge < -0.3 is 20.4 Å². The number of carboxylic acid groups (broad SMARTS) is 1. The molecule has 0 heterocycles. The largest absolute Gasteiger partial charge is 0.479 e. The highest BCUT2D eigenvalue weighted by Crippen LogP contribution is 2.10. The Balaban J connectivity index is 0.000000423. The fourth-order valence-electron chi connectivity index (χ4n) is 0.778. The molecule has 0 saturated carbocycles. The second-order valence-corrected chi connectivity index (χ2v) is 2.60. The van der Waals surface area contributed by atoms with E-state index in [4.69, 9.17) is 20.4 Å². The van der Waals surface area contributed by atoms with Gasteiger partial charge in [0.25, 0.3) is 0 Å². The number of aliphatic hydroxyl groups excluding tert-OH is 3. The first kappa shape index (κ1) is 13.6. The van der Waals surface area contributed by atoms with Crippen LogP contribution in [0.3, 0.4) is 0 Å². The van der Waals surface area contributed by atoms with Crippen LogP contribution in [0.2, 0.25) is 0 Å². The molecule has 5 nitrogen and oxygen atoms in total. The fourth-order valence-corrected chi connectivity index (χ4v) is 0.778. The Morgan fingerprint density at radius 2 is 1.60 bits per heavy atom. The van der Waals surface area contributed by atoms with Gasteiger partial charge in [0.05, 0.1) is 13.2 Å². The summed E-state index contributed by atoms with van der Waals surface area (Å²) in [5.74, 6) is -1.23. The van der Waals surface area contributed by atoms with Gasteiger partial charge in [0, 0.05) is 0 Å². The van der Waals surface area contributed by atoms with Crippen LogP contribution in [0.15, 0.2) is 30.3 Å². The second-order valence-electron chi connectivity index (χ2n) is 2.60. The molecule has 5 heteroatoms. The van der Waals surface area contributed by atoms with E-state index in [0.29, 0.717) is 5.56 Å². The smallest absolute Gasteiger partial charge is 0.337 e. The van der Waals surface area contributed by atoms with Gasteiger partial charge in [-0.05, 0) is 5.56 Å². The highest BCUT2D eigenvalue weighted by atomic mass is 16.4. The number of hydrogen-bond donors (Lipinski definition) is 4. The molecule has 0 amide bonds. The predicted molar refractivity (Wildman–Crippen MR) is 53.2 cm³/mol. The van der Waals surface area contributed by atoms with Crippen molar-refractivity contribution < 1.29 is 25.2 Å². The first-order valence-corrected chi connectivity index (χ1v) is 4.31. The standard InChI is InChI=1S/C8H8O3.C2H6O2/c9-7(8(10)11)6-4-2-1-3-5-6;3-1-2-4/h1-5,7,9H,(H,10,11);3-4H,1-2H2. The van der Waals surface area contributed by atoms with Gasteiger partial charge in [0.1, 0.15) is 0 Å². The van der Waals surface area contributed by atoms with Gasteiger partial charge in [0.2, 0.25) is 0 Å². The molecular formula is C10H14O5. The van der Waals surface area contributed by atoms with Crippen molar-refractivity contribution in [2.75, 3.05) is 13.2 Å². The number of carbonyl (C=O) groups is 1. The molecule has 15 heavy (non-hydrogen) atoms. The summed E-state index contributed by atoms with van der Waals surface area (Å²) in [4.78, 5) is 10.2. The molecule has 0 aliphatic heterocycles. The summed E-state index contributed by atoms with van der Waals surface area (Å²) in [7, 11) is 0. The molecule has 1 unspecified atom stereocenters. The van der Waals surface area contributed by atoms with Gasteiger partial charge in [-0.25, -0.2) is 4.79 Å². The van der Waals surface area contributed by atoms with Crippen LogP contribution in [-0.4, -0.2) is 39.6 Å². The molecule has 1 aromatic rings. The van der Waals surface area contributed by atoms with Crippen molar-refractivity contribution in [1.29, 1.82) is 0 Å². The van der Waals surface area contributed by atoms with Gasteiger partial charge >= 0.3 is 5.97 Å². The lowest BCUT2D eigenvalue weighted by atomic mass is 10.1. The van der Waals surface area contributed by atoms with Crippen LogP contribution in [0.1, 0.15) is 11.7 Å². The molecule has 1 rings (SSSR count). The third-order valence-corrected chi connectivity index (χ3v) is 1.45. The maximum absolute atomic E-state index is 10.2. The Morgan fingerprint density at radius 3 is 1.93 bits per heavy atom. The van der Waals surface area contributed by atoms with Gasteiger partial charge in [-0.2, -0.15) is 0 Å². The molecule has 1 aromatic carbocycles. The molecule has 0 bridgehead atoms. The summed E-state index contributed by atoms with van der Waals surface area (Å²) >= 11 is 0. The zero-order valence-electron chi connectivity index (χ0n) is 8.08. The maximum Gasteiger partial charge on any atom is 0.337 e. The van der Waals surface area contributed by atoms with E-state index in [9.17, 15) is 4.79 Å². The number of carboxylic acids is 1. The number of benzene rings is 1. The first-order chi connectivity index (χ1) is 7.13. The molecule has 0 spiro atoms. The van der Waals surface area contributed by atoms with Crippen molar-refractivity contribution in [3.8, 4) is 0 Å². The molecule has 0 aliphatic rings. The summed E-state index contributed by atoms with van der Waals surface area (Å²) in [6.07, 6.45) is -1.41. The summed E-state index contributed by atoms with van der Waals surface area (Å²) in [5.41, 5.74) is 0.403. The van der Waals surface area contributed by atoms with E-state index in [0.717, 1.165) is 0 Å². The molecule has 84 valence electrons. The van der Waals surface area contributed by atoms with Gasteiger partial charge in [-0.1, -0.05) is 30.3 Å². The van der Waals surface area contributed by atoms with Crippen LogP contribution in [0, 0.1) is 0 Å². The van der Waals surface area contributed by atoms with Crippen LogP contribution in [0.5, 0.6) is 0 Å². The Hall–Kier alpha value is -1.43. The minimum atomic E-state index is -1.41. The number of hydrogen-bond acceptors (Lipinski definition) is 4. The summed E-state index contributed by atoms with van der Waals surface area (Å²) in [5, 5.41) is 32.6. The summed E-state index contributed by atoms with van der Waals surface area (Å²) in [6.45, 7) is -0.250. The van der Waals surface area contributed by atoms with Crippen molar-refractivity contribution in [3.05, 3.63) is 35.9 Å². The highest BCUT2D eigenvalue weighted by molar-refractivity contribution is 5.73. The number of rotatable bonds is 3. The maximum atomic E-state index is 10.2. The average molecular weight is 214 g/mol. The van der Waals surface area contributed by atoms with Crippen molar-refractivity contribution >= 4 is 5.97 Å². The monoisotopic (exact) mass is 214 g/mol. The minimum Gasteiger partial charge on any atom is -0.479 e. The van der Waals surface area contributed by atoms with E-state index >= 15 is 0 Å². The molecular weight excluding hydrogens is 200 g/mol. The lowest BCUT2D eigenvalue weighted by molar-refractivity contribution is -0.146. The number of aliphatic hydroxyl groups is 3. The minimum absolute atomic E-state index is 0.125. The summed E-state index contributed by atoms with van der Waals surface area (Å²) in [6, 6.07) is 8.26. The Labute approximate surface area is 87.2 Å². The molecule has 0 saturated heterocycles. The fraction of sp³-hybridized carbons (Fsp3) is 0.300. The SMILES string of the molecule is O=C(O)C(O)c1ccccc1.OCCO. The molecule has 0 aliphatic carbocycles. The van der Waals surface area contributed by atoms with Crippen molar-refractivity contribution in [3.63, 3.8) is 0 Å². The Bertz CT molecular complexity index is 270. The number of aliphatic carboxylic acids is 1. The zero-order chi connectivity index (χ0) is 11.7. The lowest BCUT2D eigenvalue weighted by Gasteiger charge is -2.03. The third-order valence-electron chi connectivity index (χ3n) is 1.45. The van der Waals surface area contributed by atoms with Crippen LogP contribution in [0.25, 0.3) is 0 Å². The van der Waals surface area contributed by atoms with E-state index in [-0.39, 0.29) is 13.2 Å². The topological polar surface area (TPSA) is 98.0 Å². The molecule has 0 radical (unpaired) electrons. The van der Waals surface area contributed by atoms with Crippen LogP contribution >= 0.6 is 0 Å². The lowest BCUT2D eigenvalue weighted by Crippen LogP contribution is -2.09. The van der Waals surface area contributed by atoms with Gasteiger partial charge in [-0.15, -0.1) is 0 Å². The van der Waals surface area contributed by atoms with E-state index in [1.54, 1.807) is 30.3 Å². The van der Waals surface area contributed by atoms with Crippen molar-refractivity contribution in [1.82, 2.24) is 0 Å². The van der Waals surface area contributed by atoms with Crippen molar-refractivity contribution in [2.45, 2.75) is 6.10 Å². The third kappa shape index (κ3) is 5.79. The van der Waals surface area contributed by atoms with E-state index in [1.807, 2.05) is 0 Å². The molecule has 0 aromatic heterocycles. The Kier molecular flexibility index (Phi) is 7.17. The van der Waals surface area contributed by atoms with Crippen molar-refractivity contribution in [2.24, 2.45) is 0 Å². The average Bonchev–Trinajstić information content (AvgIpc) is 2.29. The predicted octanol–water partition coefficient (Wildman–Crippen LogP) is -0.224. The van der Waals surface area contributed by atoms with Crippen LogP contribution in [0.4, 0.5) is 0 Å².